The molecule has 5 rings (SSSR count). The molecule has 102 valence electrons. The number of rotatable bonds is 1. The first-order chi connectivity index (χ1) is 9.61. The van der Waals surface area contributed by atoms with Crippen LogP contribution in [0.15, 0.2) is 36.2 Å². The lowest BCUT2D eigenvalue weighted by Gasteiger charge is -2.41. The first-order valence-corrected chi connectivity index (χ1v) is 8.24. The van der Waals surface area contributed by atoms with Crippen LogP contribution in [0.2, 0.25) is 0 Å². The van der Waals surface area contributed by atoms with Crippen molar-refractivity contribution in [3.8, 4) is 0 Å². The van der Waals surface area contributed by atoms with Gasteiger partial charge in [-0.1, -0.05) is 24.3 Å². The summed E-state index contributed by atoms with van der Waals surface area (Å²) in [7, 11) is 0. The molecule has 0 aromatic heterocycles. The highest BCUT2D eigenvalue weighted by Crippen LogP contribution is 2.56. The molecule has 4 heterocycles. The third-order valence-corrected chi connectivity index (χ3v) is 7.08. The Bertz CT molecular complexity index is 693. The van der Waals surface area contributed by atoms with Gasteiger partial charge in [-0.15, -0.1) is 0 Å². The number of quaternary nitrogens is 1. The Morgan fingerprint density at radius 2 is 2.15 bits per heavy atom. The average molecular weight is 378 g/mol. The first-order valence-electron chi connectivity index (χ1n) is 7.28. The molecule has 1 N–H and O–H groups in total. The van der Waals surface area contributed by atoms with Crippen LogP contribution in [0.3, 0.4) is 0 Å². The number of nitrogens with one attached hydrogen (secondary N) is 1. The standard InChI is InChI=1S/C16H17IN3/c1-9(2)20(17)8-11-7-6-10-4-3-5-12-13-14(18-13)16(20)19(11)15(10)12/h3-9,13-14,16,18H,1-2H3/q+1. The zero-order chi connectivity index (χ0) is 13.6. The Hall–Kier alpha value is -0.850. The van der Waals surface area contributed by atoms with E-state index >= 15 is 0 Å². The topological polar surface area (TPSA) is 25.2 Å². The lowest BCUT2D eigenvalue weighted by atomic mass is 9.93. The van der Waals surface area contributed by atoms with Crippen molar-refractivity contribution in [2.24, 2.45) is 0 Å². The van der Waals surface area contributed by atoms with Gasteiger partial charge in [0, 0.05) is 0 Å². The number of benzene rings is 1. The van der Waals surface area contributed by atoms with Crippen LogP contribution in [0.1, 0.15) is 31.0 Å². The van der Waals surface area contributed by atoms with E-state index in [1.807, 2.05) is 0 Å². The number of hydrogen-bond donors (Lipinski definition) is 1. The van der Waals surface area contributed by atoms with Gasteiger partial charge in [0.15, 0.2) is 6.17 Å². The number of para-hydroxylation sites is 1. The summed E-state index contributed by atoms with van der Waals surface area (Å²) in [6.07, 6.45) is 7.49. The van der Waals surface area contributed by atoms with E-state index in [4.69, 9.17) is 0 Å². The Morgan fingerprint density at radius 3 is 2.95 bits per heavy atom. The van der Waals surface area contributed by atoms with Crippen LogP contribution in [-0.4, -0.2) is 20.9 Å². The molecule has 4 aliphatic heterocycles. The van der Waals surface area contributed by atoms with Gasteiger partial charge in [-0.3, -0.25) is 10.2 Å². The molecule has 4 heteroatoms. The Morgan fingerprint density at radius 1 is 1.30 bits per heavy atom. The van der Waals surface area contributed by atoms with Gasteiger partial charge in [0.05, 0.1) is 17.8 Å². The predicted molar refractivity (Wildman–Crippen MR) is 88.9 cm³/mol. The number of halogens is 1. The van der Waals surface area contributed by atoms with Crippen molar-refractivity contribution in [1.82, 2.24) is 5.32 Å². The lowest BCUT2D eigenvalue weighted by Crippen LogP contribution is -2.56. The second-order valence-electron chi connectivity index (χ2n) is 6.46. The van der Waals surface area contributed by atoms with Crippen molar-refractivity contribution in [3.05, 3.63) is 47.3 Å². The molecule has 0 amide bonds. The number of fused-ring (bicyclic) bond motifs is 3. The normalized spacial score (nSPS) is 38.7. The van der Waals surface area contributed by atoms with Gasteiger partial charge in [-0.2, -0.15) is 0 Å². The molecule has 0 saturated carbocycles. The predicted octanol–water partition coefficient (Wildman–Crippen LogP) is 3.30. The van der Waals surface area contributed by atoms with E-state index in [-0.39, 0.29) is 0 Å². The van der Waals surface area contributed by atoms with Gasteiger partial charge in [0.25, 0.3) is 22.9 Å². The highest BCUT2D eigenvalue weighted by molar-refractivity contribution is 14.1. The monoisotopic (exact) mass is 378 g/mol. The first kappa shape index (κ1) is 11.8. The molecule has 0 bridgehead atoms. The fraction of sp³-hybridized carbons (Fsp3) is 0.375. The lowest BCUT2D eigenvalue weighted by molar-refractivity contribution is -0.744. The van der Waals surface area contributed by atoms with Crippen molar-refractivity contribution in [1.29, 1.82) is 0 Å². The third kappa shape index (κ3) is 1.20. The van der Waals surface area contributed by atoms with Crippen molar-refractivity contribution in [2.45, 2.75) is 38.1 Å². The number of anilines is 1. The van der Waals surface area contributed by atoms with E-state index in [1.54, 1.807) is 0 Å². The molecule has 4 atom stereocenters. The summed E-state index contributed by atoms with van der Waals surface area (Å²) in [6, 6.07) is 8.42. The summed E-state index contributed by atoms with van der Waals surface area (Å²) in [5, 5.41) is 3.72. The maximum atomic E-state index is 3.72. The van der Waals surface area contributed by atoms with Crippen molar-refractivity contribution >= 4 is 34.6 Å². The van der Waals surface area contributed by atoms with Gasteiger partial charge < -0.3 is 0 Å². The molecule has 0 radical (unpaired) electrons. The fourth-order valence-electron chi connectivity index (χ4n) is 4.03. The van der Waals surface area contributed by atoms with E-state index in [0.29, 0.717) is 24.3 Å². The molecule has 1 aromatic rings. The second kappa shape index (κ2) is 3.48. The van der Waals surface area contributed by atoms with Crippen LogP contribution in [0.25, 0.3) is 6.08 Å². The summed E-state index contributed by atoms with van der Waals surface area (Å²) in [4.78, 5) is 2.58. The quantitative estimate of drug-likeness (QED) is 0.461. The summed E-state index contributed by atoms with van der Waals surface area (Å²) < 4.78 is 0.972. The van der Waals surface area contributed by atoms with Crippen LogP contribution < -0.4 is 10.2 Å². The minimum Gasteiger partial charge on any atom is -0.297 e. The second-order valence-corrected chi connectivity index (χ2v) is 8.13. The minimum atomic E-state index is 0.495. The molecule has 20 heavy (non-hydrogen) atoms. The molecule has 0 aliphatic carbocycles. The van der Waals surface area contributed by atoms with Crippen LogP contribution >= 0.6 is 22.9 Å². The van der Waals surface area contributed by atoms with E-state index in [1.165, 1.54) is 22.5 Å². The summed E-state index contributed by atoms with van der Waals surface area (Å²) in [5.41, 5.74) is 5.65. The average Bonchev–Trinajstić information content (AvgIpc) is 3.15. The number of nitrogens with zero attached hydrogens (tertiary/aromatic N) is 2. The largest absolute Gasteiger partial charge is 0.297 e. The van der Waals surface area contributed by atoms with Crippen molar-refractivity contribution in [3.63, 3.8) is 0 Å². The van der Waals surface area contributed by atoms with E-state index in [9.17, 15) is 0 Å². The van der Waals surface area contributed by atoms with Gasteiger partial charge in [0.1, 0.15) is 17.9 Å². The van der Waals surface area contributed by atoms with Crippen LogP contribution in [0.5, 0.6) is 0 Å². The smallest absolute Gasteiger partial charge is 0.256 e. The van der Waals surface area contributed by atoms with E-state index < -0.39 is 0 Å². The third-order valence-electron chi connectivity index (χ3n) is 5.12. The van der Waals surface area contributed by atoms with Crippen molar-refractivity contribution in [2.75, 3.05) is 4.90 Å². The molecule has 3 nitrogen and oxygen atoms in total. The van der Waals surface area contributed by atoms with Gasteiger partial charge in [-0.25, -0.2) is 2.70 Å². The van der Waals surface area contributed by atoms with Gasteiger partial charge >= 0.3 is 0 Å². The van der Waals surface area contributed by atoms with E-state index in [2.05, 4.69) is 83.5 Å². The molecular formula is C16H17IN3+. The number of allylic oxidation sites excluding steroid dienone is 1. The maximum absolute atomic E-state index is 3.72. The molecular weight excluding hydrogens is 361 g/mol. The Balaban J connectivity index is 1.80. The highest BCUT2D eigenvalue weighted by atomic mass is 127. The molecule has 0 spiro atoms. The fourth-order valence-corrected chi connectivity index (χ4v) is 4.91. The van der Waals surface area contributed by atoms with Crippen LogP contribution in [-0.2, 0) is 0 Å². The highest BCUT2D eigenvalue weighted by Gasteiger charge is 2.64. The number of hydrogen-bond acceptors (Lipinski definition) is 2. The minimum absolute atomic E-state index is 0.495. The molecule has 4 aliphatic rings. The Kier molecular flexibility index (Phi) is 2.05. The molecule has 1 aromatic carbocycles. The summed E-state index contributed by atoms with van der Waals surface area (Å²) >= 11 is 2.64. The molecule has 1 fully saturated rings. The summed E-state index contributed by atoms with van der Waals surface area (Å²) in [6.45, 7) is 4.65. The van der Waals surface area contributed by atoms with Gasteiger partial charge in [-0.05, 0) is 31.1 Å². The van der Waals surface area contributed by atoms with Crippen LogP contribution in [0, 0.1) is 0 Å². The van der Waals surface area contributed by atoms with Crippen molar-refractivity contribution < 1.29 is 2.70 Å². The zero-order valence-electron chi connectivity index (χ0n) is 11.5. The van der Waals surface area contributed by atoms with Crippen LogP contribution in [0.4, 0.5) is 5.69 Å². The SMILES string of the molecule is CC(C)[N+]1(I)C=C2C=Cc3cccc4c3N2C1C1NC41. The molecule has 4 unspecified atom stereocenters. The summed E-state index contributed by atoms with van der Waals surface area (Å²) in [5.74, 6) is 0. The zero-order valence-corrected chi connectivity index (χ0v) is 13.7. The van der Waals surface area contributed by atoms with Gasteiger partial charge in [0.2, 0.25) is 0 Å². The molecule has 1 saturated heterocycles. The maximum Gasteiger partial charge on any atom is 0.256 e. The van der Waals surface area contributed by atoms with E-state index in [0.717, 1.165) is 2.70 Å². The Labute approximate surface area is 133 Å².